The first kappa shape index (κ1) is 20.2. The summed E-state index contributed by atoms with van der Waals surface area (Å²) in [6.45, 7) is 3.15. The van der Waals surface area contributed by atoms with Gasteiger partial charge in [-0.3, -0.25) is 4.90 Å². The molecule has 1 N–H and O–H groups in total. The quantitative estimate of drug-likeness (QED) is 0.769. The van der Waals surface area contributed by atoms with E-state index in [1.165, 1.54) is 4.31 Å². The van der Waals surface area contributed by atoms with Crippen LogP contribution in [0.15, 0.2) is 47.4 Å². The average Bonchev–Trinajstić information content (AvgIpc) is 3.22. The molecular formula is C21H26N2O5S. The molecule has 2 aromatic carbocycles. The molecule has 0 amide bonds. The molecule has 0 aromatic heterocycles. The summed E-state index contributed by atoms with van der Waals surface area (Å²) in [5, 5.41) is 10.6. The standard InChI is InChI=1S/C21H26N2O5S/c1-27-18-3-5-19(6-4-18)29(25,26)23-11-9-22(10-12-23)15-20(24)16-2-7-21-17(14-16)8-13-28-21/h2-7,14,20,24H,8-13,15H2,1H3/t20-/m0/s1. The smallest absolute Gasteiger partial charge is 0.243 e. The van der Waals surface area contributed by atoms with Crippen LogP contribution in [0.1, 0.15) is 17.2 Å². The Bertz CT molecular complexity index is 954. The van der Waals surface area contributed by atoms with Gasteiger partial charge in [-0.1, -0.05) is 6.07 Å². The van der Waals surface area contributed by atoms with Gasteiger partial charge >= 0.3 is 0 Å². The van der Waals surface area contributed by atoms with E-state index >= 15 is 0 Å². The molecule has 2 aliphatic rings. The van der Waals surface area contributed by atoms with Crippen LogP contribution in [0.4, 0.5) is 0 Å². The highest BCUT2D eigenvalue weighted by Crippen LogP contribution is 2.29. The van der Waals surface area contributed by atoms with Crippen LogP contribution >= 0.6 is 0 Å². The van der Waals surface area contributed by atoms with Crippen molar-refractivity contribution in [1.29, 1.82) is 0 Å². The lowest BCUT2D eigenvalue weighted by Gasteiger charge is -2.35. The number of methoxy groups -OCH3 is 1. The predicted octanol–water partition coefficient (Wildman–Crippen LogP) is 1.67. The Morgan fingerprint density at radius 2 is 1.83 bits per heavy atom. The van der Waals surface area contributed by atoms with Gasteiger partial charge in [-0.05, 0) is 47.5 Å². The Morgan fingerprint density at radius 3 is 2.52 bits per heavy atom. The van der Waals surface area contributed by atoms with Crippen LogP contribution < -0.4 is 9.47 Å². The van der Waals surface area contributed by atoms with Gasteiger partial charge in [-0.2, -0.15) is 4.31 Å². The maximum Gasteiger partial charge on any atom is 0.243 e. The van der Waals surface area contributed by atoms with Crippen molar-refractivity contribution in [2.75, 3.05) is 46.4 Å². The fourth-order valence-electron chi connectivity index (χ4n) is 3.81. The number of hydrogen-bond acceptors (Lipinski definition) is 6. The molecule has 1 fully saturated rings. The topological polar surface area (TPSA) is 79.3 Å². The minimum absolute atomic E-state index is 0.271. The second kappa shape index (κ2) is 8.31. The van der Waals surface area contributed by atoms with Crippen LogP contribution in [-0.2, 0) is 16.4 Å². The number of nitrogens with zero attached hydrogens (tertiary/aromatic N) is 2. The summed E-state index contributed by atoms with van der Waals surface area (Å²) in [6.07, 6.45) is 0.267. The van der Waals surface area contributed by atoms with Crippen molar-refractivity contribution in [3.8, 4) is 11.5 Å². The van der Waals surface area contributed by atoms with E-state index in [0.717, 1.165) is 23.3 Å². The summed E-state index contributed by atoms with van der Waals surface area (Å²) in [5.41, 5.74) is 2.01. The normalized spacial score (nSPS) is 18.8. The summed E-state index contributed by atoms with van der Waals surface area (Å²) in [6, 6.07) is 12.3. The molecule has 7 nitrogen and oxygen atoms in total. The predicted molar refractivity (Wildman–Crippen MR) is 109 cm³/mol. The first-order valence-corrected chi connectivity index (χ1v) is 11.2. The van der Waals surface area contributed by atoms with Gasteiger partial charge in [0.25, 0.3) is 0 Å². The Morgan fingerprint density at radius 1 is 1.10 bits per heavy atom. The minimum Gasteiger partial charge on any atom is -0.497 e. The number of benzene rings is 2. The molecule has 0 spiro atoms. The van der Waals surface area contributed by atoms with E-state index in [0.29, 0.717) is 45.1 Å². The molecule has 0 saturated carbocycles. The summed E-state index contributed by atoms with van der Waals surface area (Å²) in [7, 11) is -1.97. The minimum atomic E-state index is -3.52. The van der Waals surface area contributed by atoms with Gasteiger partial charge in [0.15, 0.2) is 0 Å². The zero-order valence-corrected chi connectivity index (χ0v) is 17.3. The van der Waals surface area contributed by atoms with Gasteiger partial charge in [0.1, 0.15) is 11.5 Å². The second-order valence-electron chi connectivity index (χ2n) is 7.36. The van der Waals surface area contributed by atoms with E-state index in [1.54, 1.807) is 31.4 Å². The lowest BCUT2D eigenvalue weighted by atomic mass is 10.0. The van der Waals surface area contributed by atoms with E-state index in [1.807, 2.05) is 18.2 Å². The molecule has 2 aromatic rings. The molecule has 2 aliphatic heterocycles. The molecule has 8 heteroatoms. The van der Waals surface area contributed by atoms with Crippen molar-refractivity contribution in [1.82, 2.24) is 9.21 Å². The van der Waals surface area contributed by atoms with Crippen molar-refractivity contribution in [3.05, 3.63) is 53.6 Å². The molecule has 0 bridgehead atoms. The van der Waals surface area contributed by atoms with Gasteiger partial charge in [-0.25, -0.2) is 8.42 Å². The van der Waals surface area contributed by atoms with E-state index in [-0.39, 0.29) is 4.90 Å². The van der Waals surface area contributed by atoms with Crippen molar-refractivity contribution in [2.24, 2.45) is 0 Å². The maximum absolute atomic E-state index is 12.9. The van der Waals surface area contributed by atoms with Crippen LogP contribution in [0.25, 0.3) is 0 Å². The van der Waals surface area contributed by atoms with Crippen molar-refractivity contribution in [3.63, 3.8) is 0 Å². The molecule has 156 valence electrons. The fraction of sp³-hybridized carbons (Fsp3) is 0.429. The first-order chi connectivity index (χ1) is 14.0. The molecule has 4 rings (SSSR count). The monoisotopic (exact) mass is 418 g/mol. The third-order valence-electron chi connectivity index (χ3n) is 5.56. The third kappa shape index (κ3) is 4.25. The molecule has 0 radical (unpaired) electrons. The van der Waals surface area contributed by atoms with Crippen molar-refractivity contribution >= 4 is 10.0 Å². The largest absolute Gasteiger partial charge is 0.497 e. The number of piperazine rings is 1. The number of fused-ring (bicyclic) bond motifs is 1. The molecular weight excluding hydrogens is 392 g/mol. The van der Waals surface area contributed by atoms with Crippen LogP contribution in [0.2, 0.25) is 0 Å². The number of ether oxygens (including phenoxy) is 2. The van der Waals surface area contributed by atoms with E-state index < -0.39 is 16.1 Å². The summed E-state index contributed by atoms with van der Waals surface area (Å²) in [5.74, 6) is 1.53. The van der Waals surface area contributed by atoms with Crippen LogP contribution in [0.3, 0.4) is 0 Å². The molecule has 29 heavy (non-hydrogen) atoms. The molecule has 0 aliphatic carbocycles. The number of sulfonamides is 1. The third-order valence-corrected chi connectivity index (χ3v) is 7.47. The number of aliphatic hydroxyl groups excluding tert-OH is 1. The summed E-state index contributed by atoms with van der Waals surface area (Å²) >= 11 is 0. The van der Waals surface area contributed by atoms with Gasteiger partial charge in [0.2, 0.25) is 10.0 Å². The highest BCUT2D eigenvalue weighted by atomic mass is 32.2. The average molecular weight is 419 g/mol. The Balaban J connectivity index is 1.35. The lowest BCUT2D eigenvalue weighted by Crippen LogP contribution is -2.49. The molecule has 0 unspecified atom stereocenters. The van der Waals surface area contributed by atoms with E-state index in [4.69, 9.17) is 9.47 Å². The van der Waals surface area contributed by atoms with Crippen molar-refractivity contribution < 1.29 is 23.0 Å². The molecule has 1 atom stereocenters. The summed E-state index contributed by atoms with van der Waals surface area (Å²) in [4.78, 5) is 2.38. The van der Waals surface area contributed by atoms with Gasteiger partial charge in [-0.15, -0.1) is 0 Å². The zero-order chi connectivity index (χ0) is 20.4. The highest BCUT2D eigenvalue weighted by Gasteiger charge is 2.29. The zero-order valence-electron chi connectivity index (χ0n) is 16.5. The summed E-state index contributed by atoms with van der Waals surface area (Å²) < 4.78 is 37.8. The Labute approximate surface area is 171 Å². The first-order valence-electron chi connectivity index (χ1n) is 9.77. The van der Waals surface area contributed by atoms with E-state index in [2.05, 4.69) is 4.90 Å². The molecule has 2 heterocycles. The number of rotatable bonds is 6. The SMILES string of the molecule is COc1ccc(S(=O)(=O)N2CCN(C[C@H](O)c3ccc4c(c3)CCO4)CC2)cc1. The van der Waals surface area contributed by atoms with Crippen LogP contribution in [0, 0.1) is 0 Å². The van der Waals surface area contributed by atoms with Crippen molar-refractivity contribution in [2.45, 2.75) is 17.4 Å². The lowest BCUT2D eigenvalue weighted by molar-refractivity contribution is 0.0921. The Kier molecular flexibility index (Phi) is 5.78. The number of hydrogen-bond donors (Lipinski definition) is 1. The van der Waals surface area contributed by atoms with Gasteiger partial charge in [0, 0.05) is 39.1 Å². The number of aliphatic hydroxyl groups is 1. The highest BCUT2D eigenvalue weighted by molar-refractivity contribution is 7.89. The Hall–Kier alpha value is -2.13. The van der Waals surface area contributed by atoms with Gasteiger partial charge < -0.3 is 14.6 Å². The number of β-amino-alcohol motifs (C(OH)–C–C–N with tert-alkyl or cyclic N) is 1. The maximum atomic E-state index is 12.9. The second-order valence-corrected chi connectivity index (χ2v) is 9.30. The van der Waals surface area contributed by atoms with Crippen LogP contribution in [-0.4, -0.2) is 69.2 Å². The van der Waals surface area contributed by atoms with Gasteiger partial charge in [0.05, 0.1) is 24.7 Å². The molecule has 1 saturated heterocycles. The van der Waals surface area contributed by atoms with E-state index in [9.17, 15) is 13.5 Å². The fourth-order valence-corrected chi connectivity index (χ4v) is 5.24. The van der Waals surface area contributed by atoms with Crippen LogP contribution in [0.5, 0.6) is 11.5 Å².